The maximum Gasteiger partial charge on any atom is 0.337 e. The van der Waals surface area contributed by atoms with Crippen molar-refractivity contribution >= 4 is 17.9 Å². The number of benzene rings is 1. The number of methoxy groups -OCH3 is 2. The average molecular weight is 405 g/mol. The van der Waals surface area contributed by atoms with Crippen LogP contribution in [0.1, 0.15) is 24.8 Å². The Bertz CT molecular complexity index is 810. The SMILES string of the molecule is C=C(C(=O)OC)[C@H]1ON2O[C@H](C(=O)OCC)C[C@]2(C(=O)OC)[C@@H]1c1ccccc1. The molecule has 2 fully saturated rings. The molecule has 0 aliphatic carbocycles. The number of carbonyl (C=O) groups excluding carboxylic acids is 3. The summed E-state index contributed by atoms with van der Waals surface area (Å²) in [6.45, 7) is 5.62. The van der Waals surface area contributed by atoms with E-state index >= 15 is 0 Å². The van der Waals surface area contributed by atoms with Crippen molar-refractivity contribution < 1.29 is 38.3 Å². The molecule has 1 aromatic rings. The second kappa shape index (κ2) is 8.32. The predicted molar refractivity (Wildman–Crippen MR) is 97.9 cm³/mol. The van der Waals surface area contributed by atoms with Crippen molar-refractivity contribution in [3.63, 3.8) is 0 Å². The number of hydrogen-bond acceptors (Lipinski definition) is 9. The van der Waals surface area contributed by atoms with E-state index in [4.69, 9.17) is 23.9 Å². The molecule has 2 heterocycles. The summed E-state index contributed by atoms with van der Waals surface area (Å²) in [4.78, 5) is 48.9. The van der Waals surface area contributed by atoms with Gasteiger partial charge in [-0.05, 0) is 17.7 Å². The highest BCUT2D eigenvalue weighted by Gasteiger charge is 2.69. The van der Waals surface area contributed by atoms with Crippen molar-refractivity contribution in [1.82, 2.24) is 5.23 Å². The third-order valence-corrected chi connectivity index (χ3v) is 5.11. The molecule has 0 N–H and O–H groups in total. The van der Waals surface area contributed by atoms with Crippen LogP contribution in [-0.4, -0.2) is 61.7 Å². The third kappa shape index (κ3) is 3.41. The van der Waals surface area contributed by atoms with Crippen molar-refractivity contribution in [2.24, 2.45) is 0 Å². The Labute approximate surface area is 168 Å². The Balaban J connectivity index is 2.09. The Kier molecular flexibility index (Phi) is 6.02. The highest BCUT2D eigenvalue weighted by Crippen LogP contribution is 2.53. The van der Waals surface area contributed by atoms with Crippen LogP contribution in [0.25, 0.3) is 0 Å². The average Bonchev–Trinajstić information content (AvgIpc) is 3.26. The molecular weight excluding hydrogens is 382 g/mol. The highest BCUT2D eigenvalue weighted by molar-refractivity contribution is 5.91. The molecule has 2 aliphatic rings. The molecule has 0 amide bonds. The van der Waals surface area contributed by atoms with Crippen LogP contribution in [0.3, 0.4) is 0 Å². The van der Waals surface area contributed by atoms with Crippen LogP contribution >= 0.6 is 0 Å². The van der Waals surface area contributed by atoms with Gasteiger partial charge in [0.2, 0.25) is 0 Å². The monoisotopic (exact) mass is 405 g/mol. The summed E-state index contributed by atoms with van der Waals surface area (Å²) in [6.07, 6.45) is -2.11. The van der Waals surface area contributed by atoms with E-state index in [1.54, 1.807) is 31.2 Å². The summed E-state index contributed by atoms with van der Waals surface area (Å²) < 4.78 is 14.9. The van der Waals surface area contributed by atoms with E-state index < -0.39 is 41.6 Å². The fraction of sp³-hybridized carbons (Fsp3) is 0.450. The minimum Gasteiger partial charge on any atom is -0.467 e. The first kappa shape index (κ1) is 21.0. The zero-order valence-electron chi connectivity index (χ0n) is 16.5. The molecule has 4 atom stereocenters. The predicted octanol–water partition coefficient (Wildman–Crippen LogP) is 1.29. The van der Waals surface area contributed by atoms with Crippen molar-refractivity contribution in [2.45, 2.75) is 37.0 Å². The molecule has 156 valence electrons. The number of fused-ring (bicyclic) bond motifs is 1. The number of carbonyl (C=O) groups is 3. The zero-order chi connectivity index (χ0) is 21.2. The van der Waals surface area contributed by atoms with Crippen molar-refractivity contribution in [1.29, 1.82) is 0 Å². The molecule has 1 aromatic carbocycles. The molecular formula is C20H23NO8. The van der Waals surface area contributed by atoms with Crippen LogP contribution in [0.15, 0.2) is 42.5 Å². The smallest absolute Gasteiger partial charge is 0.337 e. The first-order chi connectivity index (χ1) is 13.9. The Morgan fingerprint density at radius 1 is 1.17 bits per heavy atom. The molecule has 0 radical (unpaired) electrons. The standard InChI is InChI=1S/C20H23NO8/c1-5-27-18(23)14-11-20(19(24)26-4)15(13-9-7-6-8-10-13)16(29-21(20)28-14)12(2)17(22)25-3/h6-10,14-16H,2,5,11H2,1,3-4H3/t14-,15+,16+,20+/m0/s1. The summed E-state index contributed by atoms with van der Waals surface area (Å²) in [5, 5.41) is 0.955. The lowest BCUT2D eigenvalue weighted by molar-refractivity contribution is -0.361. The van der Waals surface area contributed by atoms with Crippen LogP contribution in [0, 0.1) is 0 Å². The summed E-state index contributed by atoms with van der Waals surface area (Å²) in [5.74, 6) is -2.72. The van der Waals surface area contributed by atoms with Crippen LogP contribution in [0.4, 0.5) is 0 Å². The molecule has 0 spiro atoms. The summed E-state index contributed by atoms with van der Waals surface area (Å²) in [7, 11) is 2.46. The minimum absolute atomic E-state index is 0.00955. The van der Waals surface area contributed by atoms with Gasteiger partial charge in [0.15, 0.2) is 11.6 Å². The highest BCUT2D eigenvalue weighted by atomic mass is 17.0. The van der Waals surface area contributed by atoms with E-state index in [9.17, 15) is 14.4 Å². The quantitative estimate of drug-likeness (QED) is 0.394. The van der Waals surface area contributed by atoms with E-state index in [1.165, 1.54) is 14.2 Å². The molecule has 0 unspecified atom stereocenters. The molecule has 0 bridgehead atoms. The van der Waals surface area contributed by atoms with Gasteiger partial charge in [0.05, 0.1) is 32.3 Å². The summed E-state index contributed by atoms with van der Waals surface area (Å²) in [6, 6.07) is 8.98. The Morgan fingerprint density at radius 2 is 1.86 bits per heavy atom. The molecule has 9 nitrogen and oxygen atoms in total. The van der Waals surface area contributed by atoms with Crippen molar-refractivity contribution in [3.05, 3.63) is 48.0 Å². The normalized spacial score (nSPS) is 28.4. The zero-order valence-corrected chi connectivity index (χ0v) is 16.5. The first-order valence-electron chi connectivity index (χ1n) is 9.11. The van der Waals surface area contributed by atoms with E-state index in [0.29, 0.717) is 5.56 Å². The van der Waals surface area contributed by atoms with Crippen LogP contribution in [0.5, 0.6) is 0 Å². The van der Waals surface area contributed by atoms with Gasteiger partial charge in [0.1, 0.15) is 6.10 Å². The molecule has 0 saturated carbocycles. The summed E-state index contributed by atoms with van der Waals surface area (Å²) >= 11 is 0. The number of ether oxygens (including phenoxy) is 3. The molecule has 0 aromatic heterocycles. The fourth-order valence-electron chi connectivity index (χ4n) is 3.82. The van der Waals surface area contributed by atoms with Crippen LogP contribution < -0.4 is 0 Å². The fourth-order valence-corrected chi connectivity index (χ4v) is 3.82. The number of hydroxylamine groups is 2. The third-order valence-electron chi connectivity index (χ3n) is 5.11. The molecule has 2 aliphatic heterocycles. The van der Waals surface area contributed by atoms with Gasteiger partial charge in [-0.3, -0.25) is 9.68 Å². The van der Waals surface area contributed by atoms with E-state index in [0.717, 1.165) is 5.23 Å². The van der Waals surface area contributed by atoms with E-state index in [-0.39, 0.29) is 18.6 Å². The van der Waals surface area contributed by atoms with Gasteiger partial charge >= 0.3 is 17.9 Å². The van der Waals surface area contributed by atoms with Crippen LogP contribution in [-0.2, 0) is 38.3 Å². The minimum atomic E-state index is -1.52. The Hall–Kier alpha value is -2.75. The van der Waals surface area contributed by atoms with Crippen molar-refractivity contribution in [2.75, 3.05) is 20.8 Å². The van der Waals surface area contributed by atoms with E-state index in [1.807, 2.05) is 6.07 Å². The number of esters is 3. The number of rotatable bonds is 6. The summed E-state index contributed by atoms with van der Waals surface area (Å²) in [5.41, 5.74) is -0.825. The van der Waals surface area contributed by atoms with Gasteiger partial charge in [0.25, 0.3) is 0 Å². The molecule has 29 heavy (non-hydrogen) atoms. The lowest BCUT2D eigenvalue weighted by Gasteiger charge is -2.30. The lowest BCUT2D eigenvalue weighted by atomic mass is 9.73. The van der Waals surface area contributed by atoms with Crippen LogP contribution in [0.2, 0.25) is 0 Å². The first-order valence-corrected chi connectivity index (χ1v) is 9.11. The number of hydrogen-bond donors (Lipinski definition) is 0. The second-order valence-electron chi connectivity index (χ2n) is 6.65. The van der Waals surface area contributed by atoms with Crippen molar-refractivity contribution in [3.8, 4) is 0 Å². The maximum absolute atomic E-state index is 13.0. The number of nitrogens with zero attached hydrogens (tertiary/aromatic N) is 1. The van der Waals surface area contributed by atoms with Gasteiger partial charge < -0.3 is 14.2 Å². The molecule has 9 heteroatoms. The molecule has 2 saturated heterocycles. The van der Waals surface area contributed by atoms with Gasteiger partial charge in [-0.15, -0.1) is 0 Å². The molecule has 3 rings (SSSR count). The van der Waals surface area contributed by atoms with Gasteiger partial charge in [-0.2, -0.15) is 0 Å². The lowest BCUT2D eigenvalue weighted by Crippen LogP contribution is -2.50. The van der Waals surface area contributed by atoms with E-state index in [2.05, 4.69) is 6.58 Å². The van der Waals surface area contributed by atoms with Gasteiger partial charge in [-0.25, -0.2) is 14.4 Å². The Morgan fingerprint density at radius 3 is 2.45 bits per heavy atom. The van der Waals surface area contributed by atoms with Gasteiger partial charge in [-0.1, -0.05) is 36.9 Å². The maximum atomic E-state index is 13.0. The second-order valence-corrected chi connectivity index (χ2v) is 6.65. The largest absolute Gasteiger partial charge is 0.467 e. The topological polar surface area (TPSA) is 101 Å². The van der Waals surface area contributed by atoms with Gasteiger partial charge in [0, 0.05) is 6.42 Å².